The van der Waals surface area contributed by atoms with E-state index in [1.165, 1.54) is 0 Å². The van der Waals surface area contributed by atoms with Crippen LogP contribution in [0.25, 0.3) is 0 Å². The van der Waals surface area contributed by atoms with Crippen LogP contribution in [-0.2, 0) is 9.63 Å². The van der Waals surface area contributed by atoms with E-state index in [1.54, 1.807) is 0 Å². The van der Waals surface area contributed by atoms with E-state index < -0.39 is 5.41 Å². The molecule has 0 bridgehead atoms. The van der Waals surface area contributed by atoms with E-state index in [0.717, 1.165) is 12.8 Å². The average Bonchev–Trinajstić information content (AvgIpc) is 2.17. The summed E-state index contributed by atoms with van der Waals surface area (Å²) in [7, 11) is 0. The largest absolute Gasteiger partial charge is 0.329 e. The summed E-state index contributed by atoms with van der Waals surface area (Å²) < 4.78 is 0. The van der Waals surface area contributed by atoms with Crippen LogP contribution in [0.15, 0.2) is 0 Å². The molecule has 0 unspecified atom stereocenters. The molecule has 4 heteroatoms. The van der Waals surface area contributed by atoms with Gasteiger partial charge in [0.2, 0.25) is 0 Å². The molecule has 0 aliphatic rings. The molecular formula is C11H24N2O2. The summed E-state index contributed by atoms with van der Waals surface area (Å²) in [5.41, 5.74) is 7.28. The second-order valence-electron chi connectivity index (χ2n) is 4.84. The molecule has 90 valence electrons. The van der Waals surface area contributed by atoms with E-state index in [4.69, 9.17) is 10.6 Å². The van der Waals surface area contributed by atoms with E-state index in [0.29, 0.717) is 6.54 Å². The van der Waals surface area contributed by atoms with Crippen molar-refractivity contribution in [2.24, 2.45) is 11.1 Å². The molecule has 0 heterocycles. The summed E-state index contributed by atoms with van der Waals surface area (Å²) in [5, 5.41) is 0. The standard InChI is InChI=1S/C11H24N2O2/c1-6-11(7-2,8-12)9(14)13-15-10(3,4)5/h6-8,12H2,1-5H3,(H,13,14). The fraction of sp³-hybridized carbons (Fsp3) is 0.909. The maximum Gasteiger partial charge on any atom is 0.251 e. The Hall–Kier alpha value is -0.610. The number of nitrogens with one attached hydrogen (secondary N) is 1. The molecule has 15 heavy (non-hydrogen) atoms. The molecule has 0 saturated heterocycles. The van der Waals surface area contributed by atoms with Crippen LogP contribution >= 0.6 is 0 Å². The molecule has 0 radical (unpaired) electrons. The minimum absolute atomic E-state index is 0.120. The lowest BCUT2D eigenvalue weighted by Gasteiger charge is -2.30. The Labute approximate surface area is 92.5 Å². The van der Waals surface area contributed by atoms with Gasteiger partial charge in [0.25, 0.3) is 5.91 Å². The van der Waals surface area contributed by atoms with Gasteiger partial charge < -0.3 is 5.73 Å². The number of nitrogens with two attached hydrogens (primary N) is 1. The number of rotatable bonds is 5. The molecule has 0 aromatic rings. The van der Waals surface area contributed by atoms with Crippen LogP contribution in [-0.4, -0.2) is 18.1 Å². The van der Waals surface area contributed by atoms with Gasteiger partial charge in [0.15, 0.2) is 0 Å². The molecule has 0 saturated carbocycles. The minimum Gasteiger partial charge on any atom is -0.329 e. The monoisotopic (exact) mass is 216 g/mol. The first-order valence-corrected chi connectivity index (χ1v) is 5.50. The predicted octanol–water partition coefficient (Wildman–Crippen LogP) is 1.60. The lowest BCUT2D eigenvalue weighted by atomic mass is 9.82. The number of amides is 1. The third-order valence-corrected chi connectivity index (χ3v) is 2.68. The fourth-order valence-electron chi connectivity index (χ4n) is 1.26. The van der Waals surface area contributed by atoms with Crippen LogP contribution < -0.4 is 11.2 Å². The quantitative estimate of drug-likeness (QED) is 0.686. The molecular weight excluding hydrogens is 192 g/mol. The zero-order chi connectivity index (χ0) is 12.1. The van der Waals surface area contributed by atoms with E-state index >= 15 is 0 Å². The Kier molecular flexibility index (Phi) is 5.24. The van der Waals surface area contributed by atoms with Gasteiger partial charge in [-0.3, -0.25) is 9.63 Å². The predicted molar refractivity (Wildman–Crippen MR) is 61.1 cm³/mol. The van der Waals surface area contributed by atoms with Crippen LogP contribution in [0.4, 0.5) is 0 Å². The second kappa shape index (κ2) is 5.47. The van der Waals surface area contributed by atoms with Gasteiger partial charge in [0.1, 0.15) is 0 Å². The summed E-state index contributed by atoms with van der Waals surface area (Å²) in [6.07, 6.45) is 1.44. The van der Waals surface area contributed by atoms with Crippen LogP contribution in [0.2, 0.25) is 0 Å². The van der Waals surface area contributed by atoms with Crippen molar-refractivity contribution < 1.29 is 9.63 Å². The third-order valence-electron chi connectivity index (χ3n) is 2.68. The Morgan fingerprint density at radius 1 is 1.27 bits per heavy atom. The second-order valence-corrected chi connectivity index (χ2v) is 4.84. The zero-order valence-electron chi connectivity index (χ0n) is 10.5. The smallest absolute Gasteiger partial charge is 0.251 e. The molecule has 0 aromatic heterocycles. The lowest BCUT2D eigenvalue weighted by molar-refractivity contribution is -0.156. The molecule has 0 aromatic carbocycles. The summed E-state index contributed by atoms with van der Waals surface area (Å²) >= 11 is 0. The molecule has 0 rings (SSSR count). The minimum atomic E-state index is -0.495. The SMILES string of the molecule is CCC(CC)(CN)C(=O)NOC(C)(C)C. The molecule has 0 aliphatic heterocycles. The first-order valence-electron chi connectivity index (χ1n) is 5.50. The van der Waals surface area contributed by atoms with Crippen molar-refractivity contribution in [2.75, 3.05) is 6.54 Å². The van der Waals surface area contributed by atoms with Crippen molar-refractivity contribution >= 4 is 5.91 Å². The Morgan fingerprint density at radius 3 is 2.00 bits per heavy atom. The molecule has 0 atom stereocenters. The molecule has 1 amide bonds. The molecule has 4 nitrogen and oxygen atoms in total. The summed E-state index contributed by atoms with van der Waals surface area (Å²) in [6.45, 7) is 9.93. The highest BCUT2D eigenvalue weighted by Gasteiger charge is 2.34. The van der Waals surface area contributed by atoms with Gasteiger partial charge in [-0.05, 0) is 33.6 Å². The van der Waals surface area contributed by atoms with Gasteiger partial charge in [-0.1, -0.05) is 13.8 Å². The highest BCUT2D eigenvalue weighted by molar-refractivity contribution is 5.81. The van der Waals surface area contributed by atoms with Gasteiger partial charge >= 0.3 is 0 Å². The fourth-order valence-corrected chi connectivity index (χ4v) is 1.26. The van der Waals surface area contributed by atoms with Crippen LogP contribution in [0.5, 0.6) is 0 Å². The first kappa shape index (κ1) is 14.4. The first-order chi connectivity index (χ1) is 6.81. The van der Waals surface area contributed by atoms with Crippen molar-refractivity contribution in [3.05, 3.63) is 0 Å². The van der Waals surface area contributed by atoms with Gasteiger partial charge in [-0.2, -0.15) is 0 Å². The van der Waals surface area contributed by atoms with E-state index in [1.807, 2.05) is 34.6 Å². The highest BCUT2D eigenvalue weighted by atomic mass is 16.7. The van der Waals surface area contributed by atoms with E-state index in [9.17, 15) is 4.79 Å². The van der Waals surface area contributed by atoms with E-state index in [2.05, 4.69) is 5.48 Å². The molecule has 3 N–H and O–H groups in total. The van der Waals surface area contributed by atoms with Gasteiger partial charge in [-0.15, -0.1) is 0 Å². The summed E-state index contributed by atoms with van der Waals surface area (Å²) in [5.74, 6) is -0.120. The topological polar surface area (TPSA) is 64.4 Å². The third kappa shape index (κ3) is 4.18. The van der Waals surface area contributed by atoms with E-state index in [-0.39, 0.29) is 11.5 Å². The Balaban J connectivity index is 4.40. The van der Waals surface area contributed by atoms with Crippen LogP contribution in [0.1, 0.15) is 47.5 Å². The number of hydrogen-bond acceptors (Lipinski definition) is 3. The van der Waals surface area contributed by atoms with Crippen LogP contribution in [0, 0.1) is 5.41 Å². The van der Waals surface area contributed by atoms with Crippen molar-refractivity contribution in [3.63, 3.8) is 0 Å². The highest BCUT2D eigenvalue weighted by Crippen LogP contribution is 2.25. The Morgan fingerprint density at radius 2 is 1.73 bits per heavy atom. The molecule has 0 fully saturated rings. The van der Waals surface area contributed by atoms with Gasteiger partial charge in [0.05, 0.1) is 11.0 Å². The van der Waals surface area contributed by atoms with Crippen molar-refractivity contribution in [1.29, 1.82) is 0 Å². The Bertz CT molecular complexity index is 197. The maximum atomic E-state index is 11.9. The number of carbonyl (C=O) groups is 1. The summed E-state index contributed by atoms with van der Waals surface area (Å²) in [6, 6.07) is 0. The number of hydrogen-bond donors (Lipinski definition) is 2. The summed E-state index contributed by atoms with van der Waals surface area (Å²) in [4.78, 5) is 17.1. The average molecular weight is 216 g/mol. The number of carbonyl (C=O) groups excluding carboxylic acids is 1. The zero-order valence-corrected chi connectivity index (χ0v) is 10.5. The normalized spacial score (nSPS) is 12.7. The van der Waals surface area contributed by atoms with Crippen molar-refractivity contribution in [1.82, 2.24) is 5.48 Å². The van der Waals surface area contributed by atoms with Crippen molar-refractivity contribution in [3.8, 4) is 0 Å². The van der Waals surface area contributed by atoms with Gasteiger partial charge in [-0.25, -0.2) is 5.48 Å². The van der Waals surface area contributed by atoms with Gasteiger partial charge in [0, 0.05) is 6.54 Å². The maximum absolute atomic E-state index is 11.9. The van der Waals surface area contributed by atoms with Crippen LogP contribution in [0.3, 0.4) is 0 Å². The molecule has 0 spiro atoms. The molecule has 0 aliphatic carbocycles. The van der Waals surface area contributed by atoms with Crippen molar-refractivity contribution in [2.45, 2.75) is 53.1 Å². The lowest BCUT2D eigenvalue weighted by Crippen LogP contribution is -2.47. The number of hydroxylamine groups is 1.